The van der Waals surface area contributed by atoms with Crippen LogP contribution in [0.4, 0.5) is 5.82 Å². The number of hydrogen-bond acceptors (Lipinski definition) is 4. The van der Waals surface area contributed by atoms with E-state index in [2.05, 4.69) is 17.0 Å². The summed E-state index contributed by atoms with van der Waals surface area (Å²) in [5.41, 5.74) is 0.940. The summed E-state index contributed by atoms with van der Waals surface area (Å²) >= 11 is 0. The Morgan fingerprint density at radius 3 is 3.07 bits per heavy atom. The predicted octanol–water partition coefficient (Wildman–Crippen LogP) is 0.957. The first-order chi connectivity index (χ1) is 7.13. The van der Waals surface area contributed by atoms with Crippen molar-refractivity contribution in [2.24, 2.45) is 0 Å². The van der Waals surface area contributed by atoms with Gasteiger partial charge in [0.25, 0.3) is 0 Å². The first-order valence-electron chi connectivity index (χ1n) is 4.68. The second kappa shape index (κ2) is 5.26. The van der Waals surface area contributed by atoms with E-state index in [1.165, 1.54) is 10.7 Å². The van der Waals surface area contributed by atoms with Gasteiger partial charge in [0.2, 0.25) is 0 Å². The smallest absolute Gasteiger partial charge is 0.358 e. The summed E-state index contributed by atoms with van der Waals surface area (Å²) in [4.78, 5) is 9.86. The maximum absolute atomic E-state index is 10.4. The minimum absolute atomic E-state index is 0.133. The zero-order valence-corrected chi connectivity index (χ0v) is 8.64. The van der Waals surface area contributed by atoms with Gasteiger partial charge in [-0.2, -0.15) is 4.68 Å². The highest BCUT2D eigenvalue weighted by molar-refractivity contribution is 5.14. The van der Waals surface area contributed by atoms with E-state index < -0.39 is 4.92 Å². The summed E-state index contributed by atoms with van der Waals surface area (Å²) in [5, 5.41) is 17.3. The Hall–Kier alpha value is -1.69. The summed E-state index contributed by atoms with van der Waals surface area (Å²) in [6, 6.07) is 1.38. The lowest BCUT2D eigenvalue weighted by Gasteiger charge is -2.03. The largest absolute Gasteiger partial charge is 0.389 e. The Labute approximate surface area is 87.7 Å². The molecule has 0 saturated carbocycles. The zero-order valence-electron chi connectivity index (χ0n) is 8.64. The second-order valence-corrected chi connectivity index (χ2v) is 3.16. The second-order valence-electron chi connectivity index (χ2n) is 3.16. The van der Waals surface area contributed by atoms with Gasteiger partial charge in [0, 0.05) is 6.54 Å². The van der Waals surface area contributed by atoms with Gasteiger partial charge in [-0.15, -0.1) is 0 Å². The van der Waals surface area contributed by atoms with Crippen LogP contribution in [-0.4, -0.2) is 27.8 Å². The van der Waals surface area contributed by atoms with Gasteiger partial charge in [-0.05, 0) is 17.0 Å². The lowest BCUT2D eigenvalue weighted by Crippen LogP contribution is -2.18. The maximum atomic E-state index is 10.4. The van der Waals surface area contributed by atoms with E-state index in [0.717, 1.165) is 12.1 Å². The summed E-state index contributed by atoms with van der Waals surface area (Å²) in [7, 11) is 0. The van der Waals surface area contributed by atoms with Crippen molar-refractivity contribution < 1.29 is 4.92 Å². The minimum atomic E-state index is -0.510. The van der Waals surface area contributed by atoms with E-state index >= 15 is 0 Å². The molecule has 0 aromatic carbocycles. The van der Waals surface area contributed by atoms with Crippen LogP contribution in [0, 0.1) is 10.1 Å². The number of aromatic nitrogens is 2. The molecule has 0 fully saturated rings. The fourth-order valence-electron chi connectivity index (χ4n) is 1.12. The third-order valence-corrected chi connectivity index (χ3v) is 1.82. The van der Waals surface area contributed by atoms with Crippen molar-refractivity contribution >= 4 is 5.82 Å². The molecule has 1 aromatic heterocycles. The van der Waals surface area contributed by atoms with Gasteiger partial charge in [-0.1, -0.05) is 13.5 Å². The fraction of sp³-hybridized carbons (Fsp3) is 0.444. The SMILES string of the molecule is C=C(CNCC)Cn1ccc([N+](=O)[O-])n1. The molecule has 1 rings (SSSR count). The van der Waals surface area contributed by atoms with Crippen molar-refractivity contribution in [2.45, 2.75) is 13.5 Å². The number of nitrogens with zero attached hydrogens (tertiary/aromatic N) is 3. The highest BCUT2D eigenvalue weighted by Crippen LogP contribution is 2.06. The van der Waals surface area contributed by atoms with Gasteiger partial charge >= 0.3 is 5.82 Å². The summed E-state index contributed by atoms with van der Waals surface area (Å²) in [6.45, 7) is 7.93. The molecule has 0 spiro atoms. The van der Waals surface area contributed by atoms with Crippen molar-refractivity contribution in [1.82, 2.24) is 15.1 Å². The van der Waals surface area contributed by atoms with Crippen LogP contribution in [0.25, 0.3) is 0 Å². The van der Waals surface area contributed by atoms with Crippen molar-refractivity contribution in [1.29, 1.82) is 0 Å². The standard InChI is InChI=1S/C9H14N4O2/c1-3-10-6-8(2)7-12-5-4-9(11-12)13(14)15/h4-5,10H,2-3,6-7H2,1H3. The normalized spacial score (nSPS) is 10.2. The van der Waals surface area contributed by atoms with Crippen molar-refractivity contribution in [3.63, 3.8) is 0 Å². The lowest BCUT2D eigenvalue weighted by atomic mass is 10.3. The highest BCUT2D eigenvalue weighted by Gasteiger charge is 2.10. The molecule has 82 valence electrons. The topological polar surface area (TPSA) is 73.0 Å². The molecule has 0 aliphatic heterocycles. The molecule has 0 unspecified atom stereocenters. The first kappa shape index (κ1) is 11.4. The molecule has 0 bridgehead atoms. The van der Waals surface area contributed by atoms with Gasteiger partial charge in [0.15, 0.2) is 0 Å². The molecule has 0 saturated heterocycles. The van der Waals surface area contributed by atoms with Crippen LogP contribution >= 0.6 is 0 Å². The summed E-state index contributed by atoms with van der Waals surface area (Å²) < 4.78 is 1.51. The molecule has 6 nitrogen and oxygen atoms in total. The molecule has 6 heteroatoms. The van der Waals surface area contributed by atoms with Gasteiger partial charge < -0.3 is 15.4 Å². The number of nitrogens with one attached hydrogen (secondary N) is 1. The average Bonchev–Trinajstić information content (AvgIpc) is 2.63. The van der Waals surface area contributed by atoms with E-state index in [1.807, 2.05) is 6.92 Å². The minimum Gasteiger partial charge on any atom is -0.358 e. The number of hydrogen-bond donors (Lipinski definition) is 1. The molecule has 0 aliphatic carbocycles. The van der Waals surface area contributed by atoms with Gasteiger partial charge in [-0.3, -0.25) is 0 Å². The van der Waals surface area contributed by atoms with Crippen LogP contribution in [-0.2, 0) is 6.54 Å². The monoisotopic (exact) mass is 210 g/mol. The molecular weight excluding hydrogens is 196 g/mol. The van der Waals surface area contributed by atoms with Crippen molar-refractivity contribution in [3.05, 3.63) is 34.5 Å². The molecule has 0 aliphatic rings. The molecule has 0 atom stereocenters. The van der Waals surface area contributed by atoms with Crippen LogP contribution in [0.1, 0.15) is 6.92 Å². The number of nitro groups is 1. The van der Waals surface area contributed by atoms with Gasteiger partial charge in [0.1, 0.15) is 0 Å². The average molecular weight is 210 g/mol. The molecule has 15 heavy (non-hydrogen) atoms. The Morgan fingerprint density at radius 1 is 1.80 bits per heavy atom. The fourth-order valence-corrected chi connectivity index (χ4v) is 1.12. The Bertz CT molecular complexity index is 359. The molecule has 1 N–H and O–H groups in total. The van der Waals surface area contributed by atoms with Crippen LogP contribution in [0.5, 0.6) is 0 Å². The Morgan fingerprint density at radius 2 is 2.53 bits per heavy atom. The summed E-state index contributed by atoms with van der Waals surface area (Å²) in [6.07, 6.45) is 1.58. The molecule has 0 radical (unpaired) electrons. The van der Waals surface area contributed by atoms with E-state index in [1.54, 1.807) is 6.20 Å². The predicted molar refractivity (Wildman–Crippen MR) is 56.6 cm³/mol. The van der Waals surface area contributed by atoms with Gasteiger partial charge in [0.05, 0.1) is 23.9 Å². The zero-order chi connectivity index (χ0) is 11.3. The van der Waals surface area contributed by atoms with E-state index in [-0.39, 0.29) is 5.82 Å². The number of likely N-dealkylation sites (N-methyl/N-ethyl adjacent to an activating group) is 1. The van der Waals surface area contributed by atoms with Crippen molar-refractivity contribution in [3.8, 4) is 0 Å². The van der Waals surface area contributed by atoms with Crippen LogP contribution in [0.15, 0.2) is 24.4 Å². The highest BCUT2D eigenvalue weighted by atomic mass is 16.6. The summed E-state index contributed by atoms with van der Waals surface area (Å²) in [5.74, 6) is -0.133. The molecular formula is C9H14N4O2. The van der Waals surface area contributed by atoms with Crippen molar-refractivity contribution in [2.75, 3.05) is 13.1 Å². The van der Waals surface area contributed by atoms with Crippen LogP contribution in [0.3, 0.4) is 0 Å². The maximum Gasteiger partial charge on any atom is 0.389 e. The lowest BCUT2D eigenvalue weighted by molar-refractivity contribution is -0.389. The molecule has 0 amide bonds. The van der Waals surface area contributed by atoms with Gasteiger partial charge in [-0.25, -0.2) is 0 Å². The van der Waals surface area contributed by atoms with E-state index in [0.29, 0.717) is 13.1 Å². The molecule has 1 aromatic rings. The third kappa shape index (κ3) is 3.51. The first-order valence-corrected chi connectivity index (χ1v) is 4.68. The van der Waals surface area contributed by atoms with E-state index in [4.69, 9.17) is 0 Å². The number of rotatable bonds is 6. The molecule has 1 heterocycles. The quantitative estimate of drug-likeness (QED) is 0.431. The Balaban J connectivity index is 2.50. The van der Waals surface area contributed by atoms with E-state index in [9.17, 15) is 10.1 Å². The third-order valence-electron chi connectivity index (χ3n) is 1.82. The van der Waals surface area contributed by atoms with Crippen LogP contribution in [0.2, 0.25) is 0 Å². The van der Waals surface area contributed by atoms with Crippen LogP contribution < -0.4 is 5.32 Å². The Kier molecular flexibility index (Phi) is 3.99.